The lowest BCUT2D eigenvalue weighted by molar-refractivity contribution is -0.786. The van der Waals surface area contributed by atoms with E-state index in [1.807, 2.05) is 26.2 Å². The van der Waals surface area contributed by atoms with E-state index in [0.717, 1.165) is 10.6 Å². The van der Waals surface area contributed by atoms with Crippen LogP contribution in [0.15, 0.2) is 53.3 Å². The molecule has 0 fully saturated rings. The van der Waals surface area contributed by atoms with Crippen LogP contribution in [0.4, 0.5) is 5.69 Å². The predicted molar refractivity (Wildman–Crippen MR) is 152 cm³/mol. The minimum Gasteiger partial charge on any atom is -1.00 e. The van der Waals surface area contributed by atoms with Crippen molar-refractivity contribution in [2.45, 2.75) is 0 Å². The summed E-state index contributed by atoms with van der Waals surface area (Å²) in [5.41, 5.74) is 2.01. The van der Waals surface area contributed by atoms with E-state index in [1.165, 1.54) is 47.2 Å². The molecule has 10 nitrogen and oxygen atoms in total. The van der Waals surface area contributed by atoms with Crippen LogP contribution in [0.25, 0.3) is 27.6 Å². The van der Waals surface area contributed by atoms with Gasteiger partial charge in [0, 0.05) is 28.8 Å². The molecule has 0 bridgehead atoms. The second kappa shape index (κ2) is 12.8. The van der Waals surface area contributed by atoms with Gasteiger partial charge in [-0.05, 0) is 42.0 Å². The number of carbonyl (C=O) groups is 1. The average Bonchev–Trinajstić information content (AvgIpc) is 2.98. The number of halogens is 1. The van der Waals surface area contributed by atoms with Crippen molar-refractivity contribution in [2.24, 2.45) is 0 Å². The summed E-state index contributed by atoms with van der Waals surface area (Å²) < 4.78 is 34.4. The van der Waals surface area contributed by atoms with Crippen molar-refractivity contribution in [2.75, 3.05) is 56.8 Å². The fourth-order valence-corrected chi connectivity index (χ4v) is 4.72. The summed E-state index contributed by atoms with van der Waals surface area (Å²) in [5.74, 6) is 1.17. The van der Waals surface area contributed by atoms with Crippen molar-refractivity contribution >= 4 is 22.4 Å². The Morgan fingerprint density at radius 2 is 1.22 bits per heavy atom. The van der Waals surface area contributed by atoms with Gasteiger partial charge in [0.05, 0.1) is 62.1 Å². The Balaban J connectivity index is 0.00000462. The molecule has 11 heteroatoms. The van der Waals surface area contributed by atoms with Gasteiger partial charge in [0.2, 0.25) is 5.75 Å². The van der Waals surface area contributed by atoms with Gasteiger partial charge in [-0.1, -0.05) is 0 Å². The molecule has 4 aromatic rings. The van der Waals surface area contributed by atoms with E-state index in [1.54, 1.807) is 36.4 Å². The number of quaternary nitrogens is 1. The quantitative estimate of drug-likeness (QED) is 0.280. The first-order valence-corrected chi connectivity index (χ1v) is 12.4. The Kier molecular flexibility index (Phi) is 9.75. The van der Waals surface area contributed by atoms with E-state index in [-0.39, 0.29) is 18.1 Å². The number of methoxy groups -OCH3 is 6. The lowest BCUT2D eigenvalue weighted by Crippen LogP contribution is -3.00. The van der Waals surface area contributed by atoms with Gasteiger partial charge in [-0.2, -0.15) is 0 Å². The minimum absolute atomic E-state index is 0. The molecule has 0 aliphatic carbocycles. The second-order valence-electron chi connectivity index (χ2n) is 9.07. The van der Waals surface area contributed by atoms with E-state index in [2.05, 4.69) is 0 Å². The minimum atomic E-state index is -0.708. The summed E-state index contributed by atoms with van der Waals surface area (Å²) >= 11 is 0. The molecule has 1 N–H and O–H groups in total. The fraction of sp³-hybridized carbons (Fsp3) is 0.267. The molecule has 4 rings (SSSR count). The van der Waals surface area contributed by atoms with Gasteiger partial charge in [-0.15, -0.1) is 0 Å². The highest BCUT2D eigenvalue weighted by Crippen LogP contribution is 2.45. The van der Waals surface area contributed by atoms with E-state index in [0.29, 0.717) is 56.3 Å². The van der Waals surface area contributed by atoms with Crippen molar-refractivity contribution in [3.8, 4) is 45.6 Å². The molecule has 0 spiro atoms. The summed E-state index contributed by atoms with van der Waals surface area (Å²) in [6, 6.07) is 14.1. The molecular formula is C30H33ClN2O8. The van der Waals surface area contributed by atoms with Gasteiger partial charge >= 0.3 is 5.97 Å². The first kappa shape index (κ1) is 31.1. The third-order valence-electron chi connectivity index (χ3n) is 6.72. The molecule has 0 atom stereocenters. The van der Waals surface area contributed by atoms with Crippen molar-refractivity contribution in [3.05, 3.63) is 64.6 Å². The van der Waals surface area contributed by atoms with Gasteiger partial charge in [0.15, 0.2) is 23.0 Å². The van der Waals surface area contributed by atoms with Gasteiger partial charge in [-0.25, -0.2) is 4.79 Å². The number of nitrogens with zero attached hydrogens (tertiary/aromatic N) is 1. The number of aromatic nitrogens is 1. The predicted octanol–water partition coefficient (Wildman–Crippen LogP) is 0.267. The van der Waals surface area contributed by atoms with Gasteiger partial charge in [0.25, 0.3) is 5.56 Å². The Morgan fingerprint density at radius 1 is 0.707 bits per heavy atom. The standard InChI is InChI=1S/C30H32N2O8.ClH/c1-31(2)18-9-11-19(12-10-18)32-27(30(34)40-8)26(17-13-24(37-5)28(39-7)25(14-17)38-6)20-15-22(35-3)23(36-4)16-21(20)29(32)33;/h9-16H,1-8H3;1H. The Bertz CT molecular complexity index is 1610. The van der Waals surface area contributed by atoms with Crippen molar-refractivity contribution in [3.63, 3.8) is 0 Å². The number of carbonyl (C=O) groups excluding carboxylic acids is 1. The Hall–Kier alpha value is -4.41. The number of benzene rings is 3. The molecule has 0 unspecified atom stereocenters. The van der Waals surface area contributed by atoms with Crippen LogP contribution in [0.1, 0.15) is 10.5 Å². The van der Waals surface area contributed by atoms with Crippen LogP contribution < -0.4 is 46.6 Å². The molecule has 0 aliphatic rings. The van der Waals surface area contributed by atoms with Crippen LogP contribution in [0.2, 0.25) is 0 Å². The molecular weight excluding hydrogens is 552 g/mol. The number of hydrogen-bond acceptors (Lipinski definition) is 8. The number of hydrogen-bond donors (Lipinski definition) is 1. The lowest BCUT2D eigenvalue weighted by Gasteiger charge is -2.21. The highest BCUT2D eigenvalue weighted by atomic mass is 35.5. The number of esters is 1. The summed E-state index contributed by atoms with van der Waals surface area (Å²) in [5, 5.41) is 0.749. The SMILES string of the molecule is COC(=O)c1c(-c2cc(OC)c(OC)c(OC)c2)c2cc(OC)c(OC)cc2c(=O)n1-c1ccc([NH+](C)C)cc1.[Cl-]. The van der Waals surface area contributed by atoms with Crippen LogP contribution in [-0.4, -0.2) is 67.3 Å². The van der Waals surface area contributed by atoms with Crippen LogP contribution in [0.5, 0.6) is 28.7 Å². The van der Waals surface area contributed by atoms with Gasteiger partial charge in [-0.3, -0.25) is 9.36 Å². The van der Waals surface area contributed by atoms with Gasteiger partial charge in [0.1, 0.15) is 11.4 Å². The molecule has 41 heavy (non-hydrogen) atoms. The third kappa shape index (κ3) is 5.48. The first-order valence-electron chi connectivity index (χ1n) is 12.4. The average molecular weight is 585 g/mol. The van der Waals surface area contributed by atoms with Crippen LogP contribution in [0, 0.1) is 0 Å². The van der Waals surface area contributed by atoms with E-state index < -0.39 is 11.5 Å². The zero-order valence-electron chi connectivity index (χ0n) is 24.2. The molecule has 0 amide bonds. The van der Waals surface area contributed by atoms with Crippen LogP contribution >= 0.6 is 0 Å². The Morgan fingerprint density at radius 3 is 1.66 bits per heavy atom. The van der Waals surface area contributed by atoms with Crippen molar-refractivity contribution in [1.29, 1.82) is 0 Å². The molecule has 1 aromatic heterocycles. The monoisotopic (exact) mass is 584 g/mol. The maximum Gasteiger partial charge on any atom is 0.355 e. The molecule has 0 aliphatic heterocycles. The number of fused-ring (bicyclic) bond motifs is 1. The largest absolute Gasteiger partial charge is 1.00 e. The maximum absolute atomic E-state index is 14.2. The van der Waals surface area contributed by atoms with Crippen LogP contribution in [0.3, 0.4) is 0 Å². The summed E-state index contributed by atoms with van der Waals surface area (Å²) in [4.78, 5) is 28.8. The summed E-state index contributed by atoms with van der Waals surface area (Å²) in [6.07, 6.45) is 0. The number of ether oxygens (including phenoxy) is 6. The molecule has 1 heterocycles. The highest BCUT2D eigenvalue weighted by molar-refractivity contribution is 6.08. The normalized spacial score (nSPS) is 10.7. The van der Waals surface area contributed by atoms with E-state index >= 15 is 0 Å². The van der Waals surface area contributed by atoms with Gasteiger partial charge < -0.3 is 45.7 Å². The van der Waals surface area contributed by atoms with Crippen molar-refractivity contribution in [1.82, 2.24) is 4.57 Å². The lowest BCUT2D eigenvalue weighted by atomic mass is 9.95. The molecule has 0 radical (unpaired) electrons. The summed E-state index contributed by atoms with van der Waals surface area (Å²) in [6.45, 7) is 0. The smallest absolute Gasteiger partial charge is 0.355 e. The maximum atomic E-state index is 14.2. The topological polar surface area (TPSA) is 98.9 Å². The molecule has 0 saturated carbocycles. The van der Waals surface area contributed by atoms with E-state index in [9.17, 15) is 9.59 Å². The molecule has 218 valence electrons. The fourth-order valence-electron chi connectivity index (χ4n) is 4.72. The molecule has 0 saturated heterocycles. The molecule has 3 aromatic carbocycles. The highest BCUT2D eigenvalue weighted by Gasteiger charge is 2.28. The number of pyridine rings is 1. The summed E-state index contributed by atoms with van der Waals surface area (Å²) in [7, 11) is 12.8. The Labute approximate surface area is 244 Å². The van der Waals surface area contributed by atoms with Crippen LogP contribution in [-0.2, 0) is 4.74 Å². The second-order valence-corrected chi connectivity index (χ2v) is 9.07. The van der Waals surface area contributed by atoms with Crippen molar-refractivity contribution < 1.29 is 50.5 Å². The first-order chi connectivity index (χ1) is 19.2. The third-order valence-corrected chi connectivity index (χ3v) is 6.72. The van der Waals surface area contributed by atoms with E-state index in [4.69, 9.17) is 28.4 Å². The zero-order valence-corrected chi connectivity index (χ0v) is 25.0. The zero-order chi connectivity index (χ0) is 29.1. The number of rotatable bonds is 9. The number of nitrogens with one attached hydrogen (secondary N) is 1.